The number of hydrogen-bond acceptors (Lipinski definition) is 2. The van der Waals surface area contributed by atoms with Gasteiger partial charge in [0.05, 0.1) is 0 Å². The quantitative estimate of drug-likeness (QED) is 0.202. The molecule has 0 saturated heterocycles. The number of fused-ring (bicyclic) bond motifs is 2. The summed E-state index contributed by atoms with van der Waals surface area (Å²) in [6.45, 7) is 2.19. The van der Waals surface area contributed by atoms with Gasteiger partial charge in [-0.05, 0) is 58.5 Å². The fourth-order valence-corrected chi connectivity index (χ4v) is 5.86. The highest BCUT2D eigenvalue weighted by molar-refractivity contribution is 5.87. The maximum Gasteiger partial charge on any atom is 0.215 e. The Morgan fingerprint density at radius 3 is 1.94 bits per heavy atom. The highest BCUT2D eigenvalue weighted by Crippen LogP contribution is 2.59. The van der Waals surface area contributed by atoms with Gasteiger partial charge in [0.25, 0.3) is 0 Å². The standard InChI is InChI=1S/C34H24O2/c1-2-25-14-8-9-17-28(25)34-30-19-11-10-18-29(30)33(35-36-34,21-20-24-12-4-3-5-13-24)31-22-26-15-6-7-16-27(26)23-32(31)34/h3-19,22-23H,2H2,1H3. The third kappa shape index (κ3) is 2.82. The van der Waals surface area contributed by atoms with Crippen LogP contribution in [-0.4, -0.2) is 0 Å². The monoisotopic (exact) mass is 464 g/mol. The molecule has 172 valence electrons. The van der Waals surface area contributed by atoms with E-state index in [1.54, 1.807) is 0 Å². The van der Waals surface area contributed by atoms with Crippen LogP contribution in [0.15, 0.2) is 115 Å². The van der Waals surface area contributed by atoms with Gasteiger partial charge < -0.3 is 0 Å². The summed E-state index contributed by atoms with van der Waals surface area (Å²) in [6, 6.07) is 40.0. The van der Waals surface area contributed by atoms with Crippen molar-refractivity contribution in [3.8, 4) is 11.8 Å². The second kappa shape index (κ2) is 7.93. The molecule has 2 aliphatic heterocycles. The van der Waals surface area contributed by atoms with E-state index in [4.69, 9.17) is 9.78 Å². The molecule has 36 heavy (non-hydrogen) atoms. The van der Waals surface area contributed by atoms with Crippen molar-refractivity contribution in [1.82, 2.24) is 0 Å². The van der Waals surface area contributed by atoms with Gasteiger partial charge in [0.1, 0.15) is 0 Å². The fraction of sp³-hybridized carbons (Fsp3) is 0.118. The fourth-order valence-electron chi connectivity index (χ4n) is 5.86. The van der Waals surface area contributed by atoms with E-state index < -0.39 is 11.2 Å². The van der Waals surface area contributed by atoms with E-state index in [0.717, 1.165) is 45.2 Å². The molecule has 1 aliphatic carbocycles. The van der Waals surface area contributed by atoms with Crippen molar-refractivity contribution in [2.24, 2.45) is 0 Å². The molecule has 0 aromatic heterocycles. The Morgan fingerprint density at radius 1 is 0.583 bits per heavy atom. The molecule has 8 rings (SSSR count). The lowest BCUT2D eigenvalue weighted by molar-refractivity contribution is -0.406. The van der Waals surface area contributed by atoms with Crippen LogP contribution in [0.3, 0.4) is 0 Å². The molecule has 2 atom stereocenters. The zero-order valence-electron chi connectivity index (χ0n) is 20.0. The Labute approximate surface area is 211 Å². The van der Waals surface area contributed by atoms with E-state index in [0.29, 0.717) is 0 Å². The topological polar surface area (TPSA) is 18.5 Å². The summed E-state index contributed by atoms with van der Waals surface area (Å²) in [5.74, 6) is 6.90. The Morgan fingerprint density at radius 2 is 1.19 bits per heavy atom. The minimum Gasteiger partial charge on any atom is -0.213 e. The van der Waals surface area contributed by atoms with E-state index in [2.05, 4.69) is 104 Å². The predicted molar refractivity (Wildman–Crippen MR) is 142 cm³/mol. The van der Waals surface area contributed by atoms with Gasteiger partial charge in [-0.25, -0.2) is 9.78 Å². The lowest BCUT2D eigenvalue weighted by Gasteiger charge is -2.52. The maximum atomic E-state index is 6.58. The van der Waals surface area contributed by atoms with Crippen molar-refractivity contribution in [2.45, 2.75) is 24.5 Å². The normalized spacial score (nSPS) is 21.4. The first kappa shape index (κ1) is 21.1. The molecule has 0 saturated carbocycles. The van der Waals surface area contributed by atoms with Crippen molar-refractivity contribution in [3.05, 3.63) is 154 Å². The van der Waals surface area contributed by atoms with Crippen molar-refractivity contribution < 1.29 is 9.78 Å². The minimum absolute atomic E-state index is 0.876. The molecular weight excluding hydrogens is 440 g/mol. The van der Waals surface area contributed by atoms with E-state index >= 15 is 0 Å². The van der Waals surface area contributed by atoms with Gasteiger partial charge in [0.2, 0.25) is 5.60 Å². The van der Waals surface area contributed by atoms with Gasteiger partial charge in [-0.15, -0.1) is 0 Å². The Balaban J connectivity index is 1.61. The molecule has 5 aromatic rings. The van der Waals surface area contributed by atoms with Gasteiger partial charge in [0, 0.05) is 27.8 Å². The van der Waals surface area contributed by atoms with E-state index in [9.17, 15) is 0 Å². The molecule has 0 spiro atoms. The third-order valence-corrected chi connectivity index (χ3v) is 7.56. The lowest BCUT2D eigenvalue weighted by atomic mass is 9.63. The second-order valence-electron chi connectivity index (χ2n) is 9.45. The lowest BCUT2D eigenvalue weighted by Crippen LogP contribution is -2.52. The summed E-state index contributed by atoms with van der Waals surface area (Å²) in [5, 5.41) is 2.33. The van der Waals surface area contributed by atoms with Crippen LogP contribution in [0.1, 0.15) is 45.9 Å². The van der Waals surface area contributed by atoms with Crippen molar-refractivity contribution in [1.29, 1.82) is 0 Å². The van der Waals surface area contributed by atoms with E-state index in [1.165, 1.54) is 10.9 Å². The first-order chi connectivity index (χ1) is 17.8. The van der Waals surface area contributed by atoms with E-state index in [-0.39, 0.29) is 0 Å². The molecule has 2 heterocycles. The highest BCUT2D eigenvalue weighted by atomic mass is 17.2. The Hall–Kier alpha value is -4.16. The summed E-state index contributed by atoms with van der Waals surface area (Å²) in [6.07, 6.45) is 0.894. The first-order valence-corrected chi connectivity index (χ1v) is 12.4. The first-order valence-electron chi connectivity index (χ1n) is 12.4. The molecule has 0 radical (unpaired) electrons. The van der Waals surface area contributed by atoms with Crippen LogP contribution in [0, 0.1) is 11.8 Å². The maximum absolute atomic E-state index is 6.58. The zero-order chi connectivity index (χ0) is 24.2. The van der Waals surface area contributed by atoms with Gasteiger partial charge in [-0.3, -0.25) is 0 Å². The van der Waals surface area contributed by atoms with Gasteiger partial charge in [0.15, 0.2) is 5.60 Å². The van der Waals surface area contributed by atoms with Gasteiger partial charge >= 0.3 is 0 Å². The summed E-state index contributed by atoms with van der Waals surface area (Å²) >= 11 is 0. The third-order valence-electron chi connectivity index (χ3n) is 7.56. The van der Waals surface area contributed by atoms with Crippen molar-refractivity contribution in [3.63, 3.8) is 0 Å². The smallest absolute Gasteiger partial charge is 0.213 e. The molecule has 5 aromatic carbocycles. The molecule has 2 heteroatoms. The number of rotatable bonds is 2. The predicted octanol–water partition coefficient (Wildman–Crippen LogP) is 7.26. The van der Waals surface area contributed by atoms with Crippen LogP contribution in [-0.2, 0) is 27.4 Å². The molecule has 0 N–H and O–H groups in total. The average molecular weight is 465 g/mol. The molecule has 2 unspecified atom stereocenters. The van der Waals surface area contributed by atoms with E-state index in [1.807, 2.05) is 30.3 Å². The number of aryl methyl sites for hydroxylation is 1. The number of hydrogen-bond donors (Lipinski definition) is 0. The minimum atomic E-state index is -1.03. The van der Waals surface area contributed by atoms with Crippen LogP contribution in [0.5, 0.6) is 0 Å². The van der Waals surface area contributed by atoms with Crippen LogP contribution < -0.4 is 0 Å². The molecule has 2 bridgehead atoms. The van der Waals surface area contributed by atoms with Crippen LogP contribution >= 0.6 is 0 Å². The van der Waals surface area contributed by atoms with Crippen LogP contribution in [0.4, 0.5) is 0 Å². The van der Waals surface area contributed by atoms with Crippen LogP contribution in [0.25, 0.3) is 10.8 Å². The highest BCUT2D eigenvalue weighted by Gasteiger charge is 2.60. The summed E-state index contributed by atoms with van der Waals surface area (Å²) in [5.41, 5.74) is 5.63. The summed E-state index contributed by atoms with van der Waals surface area (Å²) in [4.78, 5) is 13.1. The van der Waals surface area contributed by atoms with Crippen LogP contribution in [0.2, 0.25) is 0 Å². The molecule has 0 fully saturated rings. The Bertz CT molecular complexity index is 1690. The zero-order valence-corrected chi connectivity index (χ0v) is 20.0. The van der Waals surface area contributed by atoms with Crippen molar-refractivity contribution in [2.75, 3.05) is 0 Å². The average Bonchev–Trinajstić information content (AvgIpc) is 2.96. The molecule has 3 aliphatic rings. The summed E-state index contributed by atoms with van der Waals surface area (Å²) < 4.78 is 0. The molecule has 2 nitrogen and oxygen atoms in total. The largest absolute Gasteiger partial charge is 0.215 e. The van der Waals surface area contributed by atoms with Gasteiger partial charge in [-0.2, -0.15) is 0 Å². The van der Waals surface area contributed by atoms with Crippen molar-refractivity contribution >= 4 is 10.8 Å². The SMILES string of the molecule is CCc1ccccc1C12OOC(C#Cc3ccccc3)(c3ccccc31)c1cc3ccccc3cc12. The second-order valence-corrected chi connectivity index (χ2v) is 9.45. The summed E-state index contributed by atoms with van der Waals surface area (Å²) in [7, 11) is 0. The van der Waals surface area contributed by atoms with Gasteiger partial charge in [-0.1, -0.05) is 104 Å². The number of benzene rings is 5. The molecular formula is C34H24O2. The molecule has 0 amide bonds. The Kier molecular flexibility index (Phi) is 4.66.